The fraction of sp³-hybridized carbons (Fsp3) is 0.333. The minimum atomic E-state index is -3.72. The molecule has 1 fully saturated rings. The van der Waals surface area contributed by atoms with Gasteiger partial charge in [-0.25, -0.2) is 13.4 Å². The number of nitrogens with zero attached hydrogens (tertiary/aromatic N) is 2. The second-order valence-corrected chi connectivity index (χ2v) is 11.1. The summed E-state index contributed by atoms with van der Waals surface area (Å²) < 4.78 is 38.4. The maximum Gasteiger partial charge on any atom is 0.253 e. The van der Waals surface area contributed by atoms with Crippen molar-refractivity contribution in [3.63, 3.8) is 0 Å². The van der Waals surface area contributed by atoms with Gasteiger partial charge in [0, 0.05) is 17.5 Å². The van der Waals surface area contributed by atoms with Crippen molar-refractivity contribution in [2.24, 2.45) is 0 Å². The Morgan fingerprint density at radius 1 is 1.19 bits per heavy atom. The third kappa shape index (κ3) is 4.51. The summed E-state index contributed by atoms with van der Waals surface area (Å²) in [5, 5.41) is 6.74. The maximum absolute atomic E-state index is 13.1. The molecule has 0 bridgehead atoms. The van der Waals surface area contributed by atoms with Gasteiger partial charge in [0.1, 0.15) is 21.8 Å². The number of carbonyl (C=O) groups excluding carboxylic acids is 1. The molecule has 0 radical (unpaired) electrons. The highest BCUT2D eigenvalue weighted by Gasteiger charge is 2.38. The average Bonchev–Trinajstić information content (AvgIpc) is 3.51. The summed E-state index contributed by atoms with van der Waals surface area (Å²) in [6, 6.07) is 7.90. The van der Waals surface area contributed by atoms with Gasteiger partial charge in [0.25, 0.3) is 10.0 Å². The van der Waals surface area contributed by atoms with Crippen molar-refractivity contribution in [2.45, 2.75) is 29.5 Å². The maximum atomic E-state index is 13.1. The highest BCUT2D eigenvalue weighted by atomic mass is 32.2. The smallest absolute Gasteiger partial charge is 0.253 e. The van der Waals surface area contributed by atoms with Crippen molar-refractivity contribution in [1.82, 2.24) is 9.29 Å². The molecule has 1 unspecified atom stereocenters. The van der Waals surface area contributed by atoms with Crippen molar-refractivity contribution in [3.8, 4) is 22.8 Å². The number of anilines is 1. The number of benzene rings is 1. The number of hydrogen-bond donors (Lipinski definition) is 1. The molecule has 32 heavy (non-hydrogen) atoms. The third-order valence-corrected chi connectivity index (χ3v) is 9.27. The van der Waals surface area contributed by atoms with Crippen LogP contribution in [0.2, 0.25) is 0 Å². The zero-order chi connectivity index (χ0) is 22.7. The number of ether oxygens (including phenoxy) is 2. The number of aromatic nitrogens is 1. The van der Waals surface area contributed by atoms with Gasteiger partial charge in [-0.05, 0) is 42.5 Å². The number of thiazole rings is 1. The molecule has 11 heteroatoms. The fourth-order valence-electron chi connectivity index (χ4n) is 3.64. The summed E-state index contributed by atoms with van der Waals surface area (Å²) in [6.45, 7) is 0.322. The third-order valence-electron chi connectivity index (χ3n) is 5.23. The SMILES string of the molecule is COc1ccc(OC)c(-c2csc(NC(=O)C3CCCCN3S(=O)(=O)c3cccs3)n2)c1. The van der Waals surface area contributed by atoms with Crippen LogP contribution in [0.4, 0.5) is 5.13 Å². The molecule has 2 aromatic heterocycles. The predicted octanol–water partition coefficient (Wildman–Crippen LogP) is 4.07. The molecular formula is C21H23N3O5S3. The first-order chi connectivity index (χ1) is 15.4. The molecule has 3 heterocycles. The molecule has 1 atom stereocenters. The van der Waals surface area contributed by atoms with Crippen LogP contribution in [0.3, 0.4) is 0 Å². The van der Waals surface area contributed by atoms with Crippen molar-refractivity contribution < 1.29 is 22.7 Å². The number of hydrogen-bond acceptors (Lipinski definition) is 8. The number of rotatable bonds is 7. The molecule has 1 saturated heterocycles. The first-order valence-electron chi connectivity index (χ1n) is 9.98. The van der Waals surface area contributed by atoms with Gasteiger partial charge >= 0.3 is 0 Å². The summed E-state index contributed by atoms with van der Waals surface area (Å²) in [5.74, 6) is 0.925. The van der Waals surface area contributed by atoms with Crippen molar-refractivity contribution in [1.29, 1.82) is 0 Å². The summed E-state index contributed by atoms with van der Waals surface area (Å²) in [7, 11) is -0.559. The van der Waals surface area contributed by atoms with Gasteiger partial charge in [-0.15, -0.1) is 22.7 Å². The van der Waals surface area contributed by atoms with E-state index in [0.717, 1.165) is 29.7 Å². The number of sulfonamides is 1. The molecule has 1 N–H and O–H groups in total. The van der Waals surface area contributed by atoms with E-state index in [1.165, 1.54) is 15.6 Å². The molecule has 4 rings (SSSR count). The van der Waals surface area contributed by atoms with E-state index in [1.807, 2.05) is 11.4 Å². The summed E-state index contributed by atoms with van der Waals surface area (Å²) in [4.78, 5) is 17.6. The van der Waals surface area contributed by atoms with Gasteiger partial charge < -0.3 is 14.8 Å². The largest absolute Gasteiger partial charge is 0.497 e. The Bertz CT molecular complexity index is 1190. The van der Waals surface area contributed by atoms with Crippen LogP contribution in [-0.2, 0) is 14.8 Å². The van der Waals surface area contributed by atoms with Crippen LogP contribution in [0.1, 0.15) is 19.3 Å². The quantitative estimate of drug-likeness (QED) is 0.533. The average molecular weight is 494 g/mol. The van der Waals surface area contributed by atoms with E-state index in [2.05, 4.69) is 10.3 Å². The van der Waals surface area contributed by atoms with E-state index in [9.17, 15) is 13.2 Å². The van der Waals surface area contributed by atoms with Gasteiger partial charge in [0.15, 0.2) is 5.13 Å². The predicted molar refractivity (Wildman–Crippen MR) is 125 cm³/mol. The number of carbonyl (C=O) groups is 1. The van der Waals surface area contributed by atoms with E-state index >= 15 is 0 Å². The van der Waals surface area contributed by atoms with Gasteiger partial charge in [-0.2, -0.15) is 4.31 Å². The highest BCUT2D eigenvalue weighted by Crippen LogP contribution is 2.35. The van der Waals surface area contributed by atoms with E-state index < -0.39 is 16.1 Å². The Morgan fingerprint density at radius 3 is 2.75 bits per heavy atom. The van der Waals surface area contributed by atoms with Gasteiger partial charge in [0.2, 0.25) is 5.91 Å². The number of methoxy groups -OCH3 is 2. The minimum Gasteiger partial charge on any atom is -0.497 e. The number of thiophene rings is 1. The van der Waals surface area contributed by atoms with Gasteiger partial charge in [0.05, 0.1) is 19.9 Å². The number of nitrogens with one attached hydrogen (secondary N) is 1. The number of piperidine rings is 1. The van der Waals surface area contributed by atoms with Crippen LogP contribution in [0, 0.1) is 0 Å². The van der Waals surface area contributed by atoms with E-state index in [4.69, 9.17) is 9.47 Å². The molecule has 0 aliphatic carbocycles. The van der Waals surface area contributed by atoms with Crippen molar-refractivity contribution in [2.75, 3.05) is 26.1 Å². The first kappa shape index (κ1) is 22.7. The first-order valence-corrected chi connectivity index (χ1v) is 13.2. The Labute approximate surface area is 194 Å². The lowest BCUT2D eigenvalue weighted by Crippen LogP contribution is -2.49. The molecule has 1 aliphatic rings. The van der Waals surface area contributed by atoms with Gasteiger partial charge in [-0.3, -0.25) is 4.79 Å². The molecule has 1 aromatic carbocycles. The summed E-state index contributed by atoms with van der Waals surface area (Å²) >= 11 is 2.43. The lowest BCUT2D eigenvalue weighted by Gasteiger charge is -2.32. The van der Waals surface area contributed by atoms with Crippen LogP contribution in [-0.4, -0.2) is 50.4 Å². The van der Waals surface area contributed by atoms with Crippen LogP contribution in [0.5, 0.6) is 11.5 Å². The molecule has 1 amide bonds. The fourth-order valence-corrected chi connectivity index (χ4v) is 7.13. The lowest BCUT2D eigenvalue weighted by atomic mass is 10.0. The second-order valence-electron chi connectivity index (χ2n) is 7.15. The Balaban J connectivity index is 1.55. The second kappa shape index (κ2) is 9.57. The number of amides is 1. The molecule has 1 aliphatic heterocycles. The van der Waals surface area contributed by atoms with Crippen LogP contribution < -0.4 is 14.8 Å². The van der Waals surface area contributed by atoms with E-state index in [1.54, 1.807) is 43.9 Å². The zero-order valence-corrected chi connectivity index (χ0v) is 20.1. The lowest BCUT2D eigenvalue weighted by molar-refractivity contribution is -0.120. The monoisotopic (exact) mass is 493 g/mol. The molecule has 8 nitrogen and oxygen atoms in total. The van der Waals surface area contributed by atoms with Gasteiger partial charge in [-0.1, -0.05) is 12.5 Å². The molecule has 0 spiro atoms. The topological polar surface area (TPSA) is 97.8 Å². The Morgan fingerprint density at radius 2 is 2.03 bits per heavy atom. The summed E-state index contributed by atoms with van der Waals surface area (Å²) in [6.07, 6.45) is 1.99. The van der Waals surface area contributed by atoms with Crippen LogP contribution in [0.25, 0.3) is 11.3 Å². The Kier molecular flexibility index (Phi) is 6.79. The minimum absolute atomic E-state index is 0.249. The summed E-state index contributed by atoms with van der Waals surface area (Å²) in [5.41, 5.74) is 1.37. The molecule has 170 valence electrons. The standard InChI is InChI=1S/C21H23N3O5S3/c1-28-14-8-9-18(29-2)15(12-14)16-13-31-21(22-16)23-20(25)17-6-3-4-10-24(17)32(26,27)19-7-5-11-30-19/h5,7-9,11-13,17H,3-4,6,10H2,1-2H3,(H,22,23,25). The molecule has 0 saturated carbocycles. The molecular weight excluding hydrogens is 470 g/mol. The van der Waals surface area contributed by atoms with Crippen molar-refractivity contribution in [3.05, 3.63) is 41.1 Å². The Hall–Kier alpha value is -2.47. The molecule has 3 aromatic rings. The van der Waals surface area contributed by atoms with E-state index in [0.29, 0.717) is 35.3 Å². The highest BCUT2D eigenvalue weighted by molar-refractivity contribution is 7.91. The van der Waals surface area contributed by atoms with Crippen LogP contribution >= 0.6 is 22.7 Å². The van der Waals surface area contributed by atoms with E-state index in [-0.39, 0.29) is 10.1 Å². The zero-order valence-electron chi connectivity index (χ0n) is 17.6. The normalized spacial score (nSPS) is 17.1. The van der Waals surface area contributed by atoms with Crippen LogP contribution in [0.15, 0.2) is 45.3 Å². The van der Waals surface area contributed by atoms with Crippen molar-refractivity contribution >= 4 is 43.7 Å².